The number of aliphatic hydroxyl groups excluding tert-OH is 8. The molecule has 14 nitrogen and oxygen atoms in total. The van der Waals surface area contributed by atoms with Crippen molar-refractivity contribution in [2.45, 2.75) is 267 Å². The number of unbranched alkanes of at least 4 members (excludes halogenated alkanes) is 25. The van der Waals surface area contributed by atoms with Crippen molar-refractivity contribution in [3.05, 3.63) is 12.2 Å². The van der Waals surface area contributed by atoms with Crippen molar-refractivity contribution in [2.75, 3.05) is 19.8 Å². The molecule has 366 valence electrons. The monoisotopic (exact) mass is 890 g/mol. The van der Waals surface area contributed by atoms with E-state index in [-0.39, 0.29) is 18.9 Å². The van der Waals surface area contributed by atoms with Gasteiger partial charge in [-0.25, -0.2) is 0 Å². The minimum atomic E-state index is -1.78. The molecule has 9 N–H and O–H groups in total. The molecule has 2 heterocycles. The summed E-state index contributed by atoms with van der Waals surface area (Å²) in [6.45, 7) is 2.42. The van der Waals surface area contributed by atoms with Crippen molar-refractivity contribution in [1.29, 1.82) is 0 Å². The van der Waals surface area contributed by atoms with Crippen LogP contribution in [-0.4, -0.2) is 140 Å². The minimum absolute atomic E-state index is 0.233. The van der Waals surface area contributed by atoms with Crippen LogP contribution in [0.4, 0.5) is 0 Å². The summed E-state index contributed by atoms with van der Waals surface area (Å²) in [5.41, 5.74) is 0. The Balaban J connectivity index is 1.58. The van der Waals surface area contributed by atoms with Gasteiger partial charge in [0.25, 0.3) is 0 Å². The second-order valence-corrected chi connectivity index (χ2v) is 18.0. The fourth-order valence-electron chi connectivity index (χ4n) is 8.39. The molecule has 2 fully saturated rings. The van der Waals surface area contributed by atoms with Crippen LogP contribution in [0.3, 0.4) is 0 Å². The maximum atomic E-state index is 12.5. The van der Waals surface area contributed by atoms with Gasteiger partial charge in [-0.1, -0.05) is 180 Å². The van der Waals surface area contributed by atoms with Gasteiger partial charge in [0.2, 0.25) is 5.91 Å². The number of carbonyl (C=O) groups excluding carboxylic acids is 1. The predicted molar refractivity (Wildman–Crippen MR) is 240 cm³/mol. The van der Waals surface area contributed by atoms with Crippen molar-refractivity contribution in [2.24, 2.45) is 0 Å². The van der Waals surface area contributed by atoms with Crippen LogP contribution in [0.25, 0.3) is 0 Å². The summed E-state index contributed by atoms with van der Waals surface area (Å²) in [5, 5.41) is 85.7. The van der Waals surface area contributed by atoms with Gasteiger partial charge in [0, 0.05) is 6.42 Å². The Kier molecular flexibility index (Phi) is 32.9. The highest BCUT2D eigenvalue weighted by atomic mass is 16.7. The summed E-state index contributed by atoms with van der Waals surface area (Å²) in [6.07, 6.45) is 21.9. The fourth-order valence-corrected chi connectivity index (χ4v) is 8.39. The quantitative estimate of drug-likeness (QED) is 0.0257. The van der Waals surface area contributed by atoms with Crippen LogP contribution >= 0.6 is 0 Å². The van der Waals surface area contributed by atoms with E-state index in [0.717, 1.165) is 19.3 Å². The standard InChI is InChI=1S/C48H91NO13/c1-3-5-6-7-8-9-10-11-12-13-14-15-16-17-18-19-20-21-22-23-24-25-26-27-28-29-30-32-37(52)36(49-40(53)31-4-2)35-59-47-45(58)43(56)46(39(34-51)61-47)62-48-44(57)42(55)41(54)38(33-50)60-48/h30,32,36-39,41-48,50-52,54-58H,3-29,31,33-35H2,1-2H3,(H,49,53)/b32-30+. The molecule has 2 saturated heterocycles. The summed E-state index contributed by atoms with van der Waals surface area (Å²) >= 11 is 0. The summed E-state index contributed by atoms with van der Waals surface area (Å²) in [4.78, 5) is 12.5. The van der Waals surface area contributed by atoms with Crippen molar-refractivity contribution >= 4 is 5.91 Å². The summed E-state index contributed by atoms with van der Waals surface area (Å²) in [6, 6.07) is -0.905. The van der Waals surface area contributed by atoms with Crippen LogP contribution in [0.1, 0.15) is 194 Å². The number of allylic oxidation sites excluding steroid dienone is 1. The lowest BCUT2D eigenvalue weighted by atomic mass is 9.97. The summed E-state index contributed by atoms with van der Waals surface area (Å²) < 4.78 is 22.4. The van der Waals surface area contributed by atoms with Gasteiger partial charge in [-0.3, -0.25) is 4.79 Å². The van der Waals surface area contributed by atoms with E-state index >= 15 is 0 Å². The molecule has 0 aromatic heterocycles. The molecular weight excluding hydrogens is 799 g/mol. The number of carbonyl (C=O) groups is 1. The molecule has 12 atom stereocenters. The zero-order valence-corrected chi connectivity index (χ0v) is 38.6. The third-order valence-electron chi connectivity index (χ3n) is 12.4. The first-order valence-electron chi connectivity index (χ1n) is 24.9. The first-order valence-corrected chi connectivity index (χ1v) is 24.9. The normalized spacial score (nSPS) is 27.8. The van der Waals surface area contributed by atoms with Crippen LogP contribution in [0.15, 0.2) is 12.2 Å². The first-order chi connectivity index (χ1) is 30.1. The molecule has 0 saturated carbocycles. The molecular formula is C48H91NO13. The van der Waals surface area contributed by atoms with E-state index in [1.165, 1.54) is 148 Å². The van der Waals surface area contributed by atoms with Gasteiger partial charge >= 0.3 is 0 Å². The number of aliphatic hydroxyl groups is 8. The van der Waals surface area contributed by atoms with E-state index < -0.39 is 86.8 Å². The van der Waals surface area contributed by atoms with Gasteiger partial charge in [-0.15, -0.1) is 0 Å². The average Bonchev–Trinajstić information content (AvgIpc) is 3.26. The topological polar surface area (TPSA) is 228 Å². The molecule has 62 heavy (non-hydrogen) atoms. The number of amides is 1. The number of hydrogen-bond donors (Lipinski definition) is 9. The molecule has 0 aliphatic carbocycles. The highest BCUT2D eigenvalue weighted by molar-refractivity contribution is 5.76. The zero-order chi connectivity index (χ0) is 45.4. The molecule has 2 aliphatic rings. The van der Waals surface area contributed by atoms with Crippen molar-refractivity contribution in [3.63, 3.8) is 0 Å². The third-order valence-corrected chi connectivity index (χ3v) is 12.4. The summed E-state index contributed by atoms with van der Waals surface area (Å²) in [7, 11) is 0. The van der Waals surface area contributed by atoms with Crippen LogP contribution < -0.4 is 5.32 Å². The number of rotatable bonds is 38. The smallest absolute Gasteiger partial charge is 0.220 e. The Labute approximate surface area is 374 Å². The van der Waals surface area contributed by atoms with Crippen LogP contribution in [-0.2, 0) is 23.7 Å². The lowest BCUT2D eigenvalue weighted by molar-refractivity contribution is -0.359. The molecule has 0 bridgehead atoms. The number of hydrogen-bond acceptors (Lipinski definition) is 13. The van der Waals surface area contributed by atoms with E-state index in [2.05, 4.69) is 12.2 Å². The van der Waals surface area contributed by atoms with Gasteiger partial charge in [0.05, 0.1) is 32.0 Å². The fraction of sp³-hybridized carbons (Fsp3) is 0.938. The third kappa shape index (κ3) is 23.3. The molecule has 2 aliphatic heterocycles. The molecule has 0 spiro atoms. The van der Waals surface area contributed by atoms with Gasteiger partial charge in [-0.2, -0.15) is 0 Å². The first kappa shape index (κ1) is 56.9. The van der Waals surface area contributed by atoms with Crippen LogP contribution in [0.2, 0.25) is 0 Å². The maximum Gasteiger partial charge on any atom is 0.220 e. The molecule has 14 heteroatoms. The predicted octanol–water partition coefficient (Wildman–Crippen LogP) is 5.99. The van der Waals surface area contributed by atoms with Crippen molar-refractivity contribution in [1.82, 2.24) is 5.32 Å². The van der Waals surface area contributed by atoms with E-state index in [4.69, 9.17) is 18.9 Å². The van der Waals surface area contributed by atoms with E-state index in [1.54, 1.807) is 6.08 Å². The number of ether oxygens (including phenoxy) is 4. The second kappa shape index (κ2) is 35.9. The van der Waals surface area contributed by atoms with E-state index in [0.29, 0.717) is 6.42 Å². The molecule has 12 unspecified atom stereocenters. The molecule has 2 rings (SSSR count). The molecule has 0 aromatic rings. The Morgan fingerprint density at radius 3 is 1.45 bits per heavy atom. The Hall–Kier alpha value is -1.27. The Morgan fingerprint density at radius 1 is 0.565 bits per heavy atom. The lowest BCUT2D eigenvalue weighted by Gasteiger charge is -2.46. The van der Waals surface area contributed by atoms with Crippen LogP contribution in [0.5, 0.6) is 0 Å². The maximum absolute atomic E-state index is 12.5. The SMILES string of the molecule is CCCCCCCCCCCCCCCCCCCCCCCCCCC/C=C/C(O)C(COC1OC(CO)C(OC2OC(CO)C(O)C(O)C2O)C(O)C1O)NC(=O)CCC. The Bertz CT molecular complexity index is 1100. The van der Waals surface area contributed by atoms with Gasteiger partial charge in [0.15, 0.2) is 12.6 Å². The van der Waals surface area contributed by atoms with Gasteiger partial charge in [0.1, 0.15) is 48.8 Å². The largest absolute Gasteiger partial charge is 0.394 e. The summed E-state index contributed by atoms with van der Waals surface area (Å²) in [5.74, 6) is -0.292. The number of nitrogens with one attached hydrogen (secondary N) is 1. The van der Waals surface area contributed by atoms with E-state index in [9.17, 15) is 45.6 Å². The Morgan fingerprint density at radius 2 is 1.00 bits per heavy atom. The highest BCUT2D eigenvalue weighted by Crippen LogP contribution is 2.30. The second-order valence-electron chi connectivity index (χ2n) is 18.0. The molecule has 0 radical (unpaired) electrons. The van der Waals surface area contributed by atoms with Crippen molar-refractivity contribution < 1.29 is 64.6 Å². The highest BCUT2D eigenvalue weighted by Gasteiger charge is 2.51. The molecule has 1 amide bonds. The van der Waals surface area contributed by atoms with Crippen molar-refractivity contribution in [3.8, 4) is 0 Å². The lowest BCUT2D eigenvalue weighted by Crippen LogP contribution is -2.65. The molecule has 0 aromatic carbocycles. The van der Waals surface area contributed by atoms with Gasteiger partial charge in [-0.05, 0) is 19.3 Å². The average molecular weight is 890 g/mol. The zero-order valence-electron chi connectivity index (χ0n) is 38.6. The van der Waals surface area contributed by atoms with Gasteiger partial charge < -0.3 is 65.1 Å². The van der Waals surface area contributed by atoms with E-state index in [1.807, 2.05) is 13.0 Å². The minimum Gasteiger partial charge on any atom is -0.394 e. The van der Waals surface area contributed by atoms with Crippen LogP contribution in [0, 0.1) is 0 Å².